The Labute approximate surface area is 101 Å². The van der Waals surface area contributed by atoms with Gasteiger partial charge in [-0.1, -0.05) is 6.07 Å². The highest BCUT2D eigenvalue weighted by molar-refractivity contribution is 5.93. The summed E-state index contributed by atoms with van der Waals surface area (Å²) in [6.45, 7) is 1.18. The van der Waals surface area contributed by atoms with Crippen molar-refractivity contribution in [3.05, 3.63) is 23.8 Å². The van der Waals surface area contributed by atoms with E-state index in [1.165, 1.54) is 5.56 Å². The molecule has 3 N–H and O–H groups in total. The fraction of sp³-hybridized carbons (Fsp3) is 0.462. The summed E-state index contributed by atoms with van der Waals surface area (Å²) in [4.78, 5) is 11.4. The number of amides is 1. The standard InChI is InChI=1S/C13H18N2O2/c14-7-2-1-3-10-4-5-12-11(9-10)15-13(16)6-8-17-12/h4-5,9H,1-3,6-8,14H2,(H,15,16). The molecular weight excluding hydrogens is 216 g/mol. The lowest BCUT2D eigenvalue weighted by molar-refractivity contribution is -0.116. The van der Waals surface area contributed by atoms with Crippen molar-refractivity contribution in [2.45, 2.75) is 25.7 Å². The van der Waals surface area contributed by atoms with Gasteiger partial charge in [0.25, 0.3) is 0 Å². The van der Waals surface area contributed by atoms with Crippen LogP contribution in [-0.2, 0) is 11.2 Å². The van der Waals surface area contributed by atoms with E-state index in [0.717, 1.165) is 37.2 Å². The first kappa shape index (κ1) is 11.9. The topological polar surface area (TPSA) is 64.3 Å². The second kappa shape index (κ2) is 5.68. The summed E-state index contributed by atoms with van der Waals surface area (Å²) >= 11 is 0. The summed E-state index contributed by atoms with van der Waals surface area (Å²) in [5.41, 5.74) is 7.47. The second-order valence-corrected chi connectivity index (χ2v) is 4.22. The highest BCUT2D eigenvalue weighted by Crippen LogP contribution is 2.28. The van der Waals surface area contributed by atoms with Gasteiger partial charge >= 0.3 is 0 Å². The lowest BCUT2D eigenvalue weighted by atomic mass is 10.1. The van der Waals surface area contributed by atoms with Crippen LogP contribution >= 0.6 is 0 Å². The summed E-state index contributed by atoms with van der Waals surface area (Å²) in [6.07, 6.45) is 3.50. The number of carbonyl (C=O) groups excluding carboxylic acids is 1. The van der Waals surface area contributed by atoms with E-state index in [2.05, 4.69) is 5.32 Å². The second-order valence-electron chi connectivity index (χ2n) is 4.22. The molecule has 0 aliphatic carbocycles. The summed E-state index contributed by atoms with van der Waals surface area (Å²) < 4.78 is 5.50. The van der Waals surface area contributed by atoms with Crippen molar-refractivity contribution in [1.29, 1.82) is 0 Å². The number of nitrogens with two attached hydrogens (primary N) is 1. The fourth-order valence-electron chi connectivity index (χ4n) is 1.90. The predicted molar refractivity (Wildman–Crippen MR) is 67.2 cm³/mol. The minimum absolute atomic E-state index is 0.0165. The van der Waals surface area contributed by atoms with Crippen molar-refractivity contribution in [3.63, 3.8) is 0 Å². The molecule has 1 aliphatic heterocycles. The van der Waals surface area contributed by atoms with E-state index in [9.17, 15) is 4.79 Å². The number of nitrogens with one attached hydrogen (secondary N) is 1. The zero-order chi connectivity index (χ0) is 12.1. The van der Waals surface area contributed by atoms with Gasteiger partial charge in [0.05, 0.1) is 18.7 Å². The maximum Gasteiger partial charge on any atom is 0.227 e. The van der Waals surface area contributed by atoms with Crippen LogP contribution in [0.2, 0.25) is 0 Å². The van der Waals surface area contributed by atoms with Gasteiger partial charge in [-0.15, -0.1) is 0 Å². The van der Waals surface area contributed by atoms with Gasteiger partial charge in [-0.3, -0.25) is 4.79 Å². The van der Waals surface area contributed by atoms with Gasteiger partial charge in [0.2, 0.25) is 5.91 Å². The van der Waals surface area contributed by atoms with Gasteiger partial charge in [-0.05, 0) is 43.5 Å². The molecule has 4 heteroatoms. The van der Waals surface area contributed by atoms with Crippen LogP contribution in [0.15, 0.2) is 18.2 Å². The summed E-state index contributed by atoms with van der Waals surface area (Å²) in [7, 11) is 0. The Morgan fingerprint density at radius 2 is 2.24 bits per heavy atom. The van der Waals surface area contributed by atoms with Crippen molar-refractivity contribution < 1.29 is 9.53 Å². The van der Waals surface area contributed by atoms with Crippen LogP contribution in [0.25, 0.3) is 0 Å². The first-order valence-corrected chi connectivity index (χ1v) is 6.05. The van der Waals surface area contributed by atoms with E-state index in [-0.39, 0.29) is 5.91 Å². The molecule has 0 bridgehead atoms. The minimum atomic E-state index is 0.0165. The van der Waals surface area contributed by atoms with Gasteiger partial charge in [0.1, 0.15) is 5.75 Å². The first-order valence-electron chi connectivity index (χ1n) is 6.05. The van der Waals surface area contributed by atoms with Gasteiger partial charge in [-0.2, -0.15) is 0 Å². The lowest BCUT2D eigenvalue weighted by Crippen LogP contribution is -2.10. The van der Waals surface area contributed by atoms with Gasteiger partial charge in [0.15, 0.2) is 0 Å². The first-order chi connectivity index (χ1) is 8.29. The minimum Gasteiger partial charge on any atom is -0.491 e. The molecule has 17 heavy (non-hydrogen) atoms. The van der Waals surface area contributed by atoms with Gasteiger partial charge < -0.3 is 15.8 Å². The third kappa shape index (κ3) is 3.20. The van der Waals surface area contributed by atoms with Crippen LogP contribution < -0.4 is 15.8 Å². The maximum absolute atomic E-state index is 11.4. The summed E-state index contributed by atoms with van der Waals surface area (Å²) in [5, 5.41) is 2.86. The highest BCUT2D eigenvalue weighted by Gasteiger charge is 2.13. The van der Waals surface area contributed by atoms with Crippen molar-refractivity contribution in [2.75, 3.05) is 18.5 Å². The molecule has 0 unspecified atom stereocenters. The van der Waals surface area contributed by atoms with Crippen LogP contribution in [-0.4, -0.2) is 19.1 Å². The number of aryl methyl sites for hydroxylation is 1. The zero-order valence-corrected chi connectivity index (χ0v) is 9.87. The Balaban J connectivity index is 2.09. The normalized spacial score (nSPS) is 14.5. The molecule has 0 spiro atoms. The average molecular weight is 234 g/mol. The Hall–Kier alpha value is -1.55. The molecular formula is C13H18N2O2. The maximum atomic E-state index is 11.4. The molecule has 92 valence electrons. The van der Waals surface area contributed by atoms with Crippen LogP contribution in [0.1, 0.15) is 24.8 Å². The third-order valence-corrected chi connectivity index (χ3v) is 2.82. The van der Waals surface area contributed by atoms with Crippen LogP contribution in [0.3, 0.4) is 0 Å². The molecule has 1 aromatic rings. The Bertz CT molecular complexity index is 404. The molecule has 1 heterocycles. The SMILES string of the molecule is NCCCCc1ccc2c(c1)NC(=O)CCO2. The average Bonchev–Trinajstić information content (AvgIpc) is 2.49. The number of ether oxygens (including phenoxy) is 1. The van der Waals surface area contributed by atoms with E-state index in [4.69, 9.17) is 10.5 Å². The highest BCUT2D eigenvalue weighted by atomic mass is 16.5. The van der Waals surface area contributed by atoms with Crippen LogP contribution in [0.5, 0.6) is 5.75 Å². The molecule has 0 atom stereocenters. The van der Waals surface area contributed by atoms with Crippen molar-refractivity contribution in [3.8, 4) is 5.75 Å². The van der Waals surface area contributed by atoms with Crippen molar-refractivity contribution in [1.82, 2.24) is 0 Å². The summed E-state index contributed by atoms with van der Waals surface area (Å²) in [5.74, 6) is 0.779. The lowest BCUT2D eigenvalue weighted by Gasteiger charge is -2.09. The number of hydrogen-bond acceptors (Lipinski definition) is 3. The molecule has 1 aliphatic rings. The fourth-order valence-corrected chi connectivity index (χ4v) is 1.90. The molecule has 0 radical (unpaired) electrons. The molecule has 2 rings (SSSR count). The molecule has 0 saturated heterocycles. The van der Waals surface area contributed by atoms with Crippen molar-refractivity contribution in [2.24, 2.45) is 5.73 Å². The number of benzene rings is 1. The number of anilines is 1. The van der Waals surface area contributed by atoms with Crippen LogP contribution in [0, 0.1) is 0 Å². The number of unbranched alkanes of at least 4 members (excludes halogenated alkanes) is 1. The quantitative estimate of drug-likeness (QED) is 0.779. The Morgan fingerprint density at radius 1 is 1.35 bits per heavy atom. The largest absolute Gasteiger partial charge is 0.491 e. The Morgan fingerprint density at radius 3 is 3.06 bits per heavy atom. The van der Waals surface area contributed by atoms with E-state index in [1.807, 2.05) is 18.2 Å². The molecule has 1 aromatic carbocycles. The zero-order valence-electron chi connectivity index (χ0n) is 9.87. The monoisotopic (exact) mass is 234 g/mol. The Kier molecular flexibility index (Phi) is 3.98. The third-order valence-electron chi connectivity index (χ3n) is 2.82. The van der Waals surface area contributed by atoms with E-state index in [1.54, 1.807) is 0 Å². The molecule has 0 saturated carbocycles. The molecule has 4 nitrogen and oxygen atoms in total. The number of hydrogen-bond donors (Lipinski definition) is 2. The van der Waals surface area contributed by atoms with Gasteiger partial charge in [0, 0.05) is 0 Å². The predicted octanol–water partition coefficient (Wildman–Crippen LogP) is 1.69. The van der Waals surface area contributed by atoms with Crippen molar-refractivity contribution >= 4 is 11.6 Å². The number of carbonyl (C=O) groups is 1. The number of fused-ring (bicyclic) bond motifs is 1. The molecule has 1 amide bonds. The van der Waals surface area contributed by atoms with E-state index < -0.39 is 0 Å². The number of rotatable bonds is 4. The summed E-state index contributed by atoms with van der Waals surface area (Å²) in [6, 6.07) is 5.97. The van der Waals surface area contributed by atoms with E-state index >= 15 is 0 Å². The molecule has 0 aromatic heterocycles. The van der Waals surface area contributed by atoms with Gasteiger partial charge in [-0.25, -0.2) is 0 Å². The van der Waals surface area contributed by atoms with E-state index in [0.29, 0.717) is 13.0 Å². The van der Waals surface area contributed by atoms with Crippen LogP contribution in [0.4, 0.5) is 5.69 Å². The molecule has 0 fully saturated rings. The smallest absolute Gasteiger partial charge is 0.227 e.